The molecule has 4 rings (SSSR count). The number of nitrogens with zero attached hydrogens (tertiary/aromatic N) is 1. The van der Waals surface area contributed by atoms with Crippen molar-refractivity contribution in [2.45, 2.75) is 58.8 Å². The number of carbonyl (C=O) groups excluding carboxylic acids is 2. The molecule has 0 N–H and O–H groups in total. The van der Waals surface area contributed by atoms with Gasteiger partial charge in [-0.2, -0.15) is 0 Å². The van der Waals surface area contributed by atoms with Gasteiger partial charge in [0.15, 0.2) is 11.6 Å². The molecule has 0 amide bonds. The lowest BCUT2D eigenvalue weighted by Crippen LogP contribution is -2.42. The Morgan fingerprint density at radius 2 is 2.04 bits per heavy atom. The number of ketones is 2. The molecule has 2 aliphatic rings. The van der Waals surface area contributed by atoms with Crippen molar-refractivity contribution in [2.24, 2.45) is 5.41 Å². The molecule has 0 saturated heterocycles. The second-order valence-electron chi connectivity index (χ2n) is 8.62. The highest BCUT2D eigenvalue weighted by Crippen LogP contribution is 2.54. The second-order valence-corrected chi connectivity index (χ2v) is 9.48. The zero-order valence-corrected chi connectivity index (χ0v) is 17.2. The van der Waals surface area contributed by atoms with Gasteiger partial charge in [0, 0.05) is 28.9 Å². The molecule has 1 aromatic heterocycles. The molecular formula is C23H25NO2S. The normalized spacial score (nSPS) is 23.8. The minimum absolute atomic E-state index is 0.00977. The third-order valence-corrected chi connectivity index (χ3v) is 7.12. The molecule has 0 saturated carbocycles. The largest absolute Gasteiger partial charge is 0.295 e. The van der Waals surface area contributed by atoms with Gasteiger partial charge in [-0.15, -0.1) is 11.3 Å². The summed E-state index contributed by atoms with van der Waals surface area (Å²) in [6, 6.07) is 7.85. The van der Waals surface area contributed by atoms with Crippen molar-refractivity contribution in [3.05, 3.63) is 62.6 Å². The summed E-state index contributed by atoms with van der Waals surface area (Å²) in [5, 5.41) is 0. The van der Waals surface area contributed by atoms with Gasteiger partial charge in [-0.3, -0.25) is 9.59 Å². The first-order valence-corrected chi connectivity index (χ1v) is 10.5. The van der Waals surface area contributed by atoms with Gasteiger partial charge in [0.05, 0.1) is 16.6 Å². The Labute approximate surface area is 164 Å². The van der Waals surface area contributed by atoms with Gasteiger partial charge < -0.3 is 0 Å². The molecule has 1 heterocycles. The lowest BCUT2D eigenvalue weighted by molar-refractivity contribution is -0.118. The van der Waals surface area contributed by atoms with Gasteiger partial charge >= 0.3 is 0 Å². The Balaban J connectivity index is 2.02. The van der Waals surface area contributed by atoms with Crippen molar-refractivity contribution in [3.63, 3.8) is 0 Å². The third kappa shape index (κ3) is 2.73. The molecule has 1 unspecified atom stereocenters. The Morgan fingerprint density at radius 3 is 2.74 bits per heavy atom. The van der Waals surface area contributed by atoms with Crippen LogP contribution in [0.3, 0.4) is 0 Å². The molecule has 4 heteroatoms. The number of benzene rings is 1. The molecule has 0 radical (unpaired) electrons. The van der Waals surface area contributed by atoms with Crippen LogP contribution in [0.1, 0.15) is 73.4 Å². The number of rotatable bonds is 3. The highest BCUT2D eigenvalue weighted by atomic mass is 32.1. The van der Waals surface area contributed by atoms with Crippen molar-refractivity contribution >= 4 is 22.9 Å². The summed E-state index contributed by atoms with van der Waals surface area (Å²) in [7, 11) is 0. The quantitative estimate of drug-likeness (QED) is 0.681. The van der Waals surface area contributed by atoms with E-state index in [4.69, 9.17) is 0 Å². The molecule has 2 aromatic rings. The molecule has 0 fully saturated rings. The van der Waals surface area contributed by atoms with E-state index in [1.165, 1.54) is 10.5 Å². The van der Waals surface area contributed by atoms with Gasteiger partial charge in [-0.05, 0) is 36.8 Å². The molecule has 27 heavy (non-hydrogen) atoms. The van der Waals surface area contributed by atoms with Crippen molar-refractivity contribution in [1.29, 1.82) is 0 Å². The first-order valence-electron chi connectivity index (χ1n) is 9.58. The predicted octanol–water partition coefficient (Wildman–Crippen LogP) is 5.28. The SMILES string of the molecule is CCC1(c2cccc(C(C)=O)c2)C2=C(Cc3ncsc31)CC(C)(C)CC2=O. The van der Waals surface area contributed by atoms with E-state index >= 15 is 0 Å². The molecule has 1 atom stereocenters. The number of Topliss-reactive ketones (excluding diaryl/α,β-unsaturated/α-hetero) is 2. The van der Waals surface area contributed by atoms with Crippen LogP contribution in [0, 0.1) is 5.41 Å². The molecule has 3 nitrogen and oxygen atoms in total. The van der Waals surface area contributed by atoms with Gasteiger partial charge in [-0.1, -0.05) is 44.5 Å². The van der Waals surface area contributed by atoms with E-state index in [1.807, 2.05) is 23.7 Å². The fourth-order valence-electron chi connectivity index (χ4n) is 5.02. The van der Waals surface area contributed by atoms with Crippen LogP contribution in [0.4, 0.5) is 0 Å². The predicted molar refractivity (Wildman–Crippen MR) is 108 cm³/mol. The first kappa shape index (κ1) is 18.3. The van der Waals surface area contributed by atoms with Crippen molar-refractivity contribution in [3.8, 4) is 0 Å². The topological polar surface area (TPSA) is 47.0 Å². The summed E-state index contributed by atoms with van der Waals surface area (Å²) in [5.74, 6) is 0.309. The van der Waals surface area contributed by atoms with Gasteiger partial charge in [0.1, 0.15) is 0 Å². The number of aromatic nitrogens is 1. The van der Waals surface area contributed by atoms with E-state index in [0.717, 1.165) is 36.1 Å². The molecule has 0 spiro atoms. The smallest absolute Gasteiger partial charge is 0.160 e. The van der Waals surface area contributed by atoms with Crippen LogP contribution in [0.5, 0.6) is 0 Å². The molecule has 140 valence electrons. The summed E-state index contributed by atoms with van der Waals surface area (Å²) >= 11 is 1.64. The first-order chi connectivity index (χ1) is 12.8. The van der Waals surface area contributed by atoms with Gasteiger partial charge in [0.2, 0.25) is 0 Å². The summed E-state index contributed by atoms with van der Waals surface area (Å²) in [6.07, 6.45) is 3.07. The minimum Gasteiger partial charge on any atom is -0.295 e. The van der Waals surface area contributed by atoms with E-state index in [1.54, 1.807) is 18.3 Å². The number of hydrogen-bond donors (Lipinski definition) is 0. The number of allylic oxidation sites excluding steroid dienone is 2. The van der Waals surface area contributed by atoms with Crippen molar-refractivity contribution in [1.82, 2.24) is 4.98 Å². The summed E-state index contributed by atoms with van der Waals surface area (Å²) in [5.41, 5.74) is 6.46. The van der Waals surface area contributed by atoms with Crippen molar-refractivity contribution in [2.75, 3.05) is 0 Å². The van der Waals surface area contributed by atoms with E-state index in [-0.39, 0.29) is 17.0 Å². The van der Waals surface area contributed by atoms with E-state index in [2.05, 4.69) is 31.8 Å². The van der Waals surface area contributed by atoms with Crippen LogP contribution in [-0.2, 0) is 16.6 Å². The number of fused-ring (bicyclic) bond motifs is 1. The van der Waals surface area contributed by atoms with E-state index < -0.39 is 5.41 Å². The summed E-state index contributed by atoms with van der Waals surface area (Å²) in [4.78, 5) is 31.2. The van der Waals surface area contributed by atoms with Crippen LogP contribution in [0.2, 0.25) is 0 Å². The Morgan fingerprint density at radius 1 is 1.26 bits per heavy atom. The Hall–Kier alpha value is -2.07. The number of hydrogen-bond acceptors (Lipinski definition) is 4. The van der Waals surface area contributed by atoms with Crippen LogP contribution in [0.25, 0.3) is 0 Å². The maximum absolute atomic E-state index is 13.4. The molecule has 0 bridgehead atoms. The van der Waals surface area contributed by atoms with Gasteiger partial charge in [0.25, 0.3) is 0 Å². The van der Waals surface area contributed by atoms with E-state index in [9.17, 15) is 9.59 Å². The number of carbonyl (C=O) groups is 2. The standard InChI is InChI=1S/C23H25NO2S/c1-5-23(17-8-6-7-15(9-17)14(2)25)20-16(10-18-21(23)27-13-24-18)11-22(3,4)12-19(20)26/h6-9,13H,5,10-12H2,1-4H3. The molecule has 1 aromatic carbocycles. The van der Waals surface area contributed by atoms with Gasteiger partial charge in [-0.25, -0.2) is 4.98 Å². The maximum atomic E-state index is 13.4. The lowest BCUT2D eigenvalue weighted by atomic mass is 9.58. The van der Waals surface area contributed by atoms with Crippen LogP contribution < -0.4 is 0 Å². The minimum atomic E-state index is -0.483. The molecule has 2 aliphatic carbocycles. The lowest BCUT2D eigenvalue weighted by Gasteiger charge is -2.44. The van der Waals surface area contributed by atoms with Crippen LogP contribution >= 0.6 is 11.3 Å². The fourth-order valence-corrected chi connectivity index (χ4v) is 6.13. The Kier molecular flexibility index (Phi) is 4.22. The summed E-state index contributed by atoms with van der Waals surface area (Å²) < 4.78 is 0. The average molecular weight is 380 g/mol. The van der Waals surface area contributed by atoms with E-state index in [0.29, 0.717) is 12.0 Å². The monoisotopic (exact) mass is 379 g/mol. The number of thiazole rings is 1. The fraction of sp³-hybridized carbons (Fsp3) is 0.435. The second kappa shape index (κ2) is 6.23. The average Bonchev–Trinajstić information content (AvgIpc) is 3.07. The zero-order valence-electron chi connectivity index (χ0n) is 16.4. The summed E-state index contributed by atoms with van der Waals surface area (Å²) in [6.45, 7) is 8.09. The zero-order chi connectivity index (χ0) is 19.4. The Bertz CT molecular complexity index is 982. The van der Waals surface area contributed by atoms with Crippen LogP contribution in [-0.4, -0.2) is 16.6 Å². The highest BCUT2D eigenvalue weighted by molar-refractivity contribution is 7.10. The van der Waals surface area contributed by atoms with Crippen molar-refractivity contribution < 1.29 is 9.59 Å². The molecule has 0 aliphatic heterocycles. The highest BCUT2D eigenvalue weighted by Gasteiger charge is 2.50. The molecular weight excluding hydrogens is 354 g/mol. The maximum Gasteiger partial charge on any atom is 0.160 e. The third-order valence-electron chi connectivity index (χ3n) is 6.09. The van der Waals surface area contributed by atoms with Crippen LogP contribution in [0.15, 0.2) is 40.9 Å².